The van der Waals surface area contributed by atoms with Crippen molar-refractivity contribution in [2.45, 2.75) is 18.9 Å². The van der Waals surface area contributed by atoms with E-state index in [0.29, 0.717) is 16.5 Å². The van der Waals surface area contributed by atoms with E-state index in [9.17, 15) is 4.79 Å². The van der Waals surface area contributed by atoms with Crippen molar-refractivity contribution in [1.82, 2.24) is 9.78 Å². The van der Waals surface area contributed by atoms with Gasteiger partial charge in [0.1, 0.15) is 6.10 Å². The predicted molar refractivity (Wildman–Crippen MR) is 87.8 cm³/mol. The van der Waals surface area contributed by atoms with Crippen molar-refractivity contribution < 1.29 is 9.53 Å². The van der Waals surface area contributed by atoms with E-state index >= 15 is 0 Å². The summed E-state index contributed by atoms with van der Waals surface area (Å²) in [6, 6.07) is 5.71. The molecule has 0 bridgehead atoms. The Kier molecular flexibility index (Phi) is 3.31. The second-order valence-corrected chi connectivity index (χ2v) is 6.79. The molecular weight excluding hydrogens is 312 g/mol. The second-order valence-electron chi connectivity index (χ2n) is 6.35. The van der Waals surface area contributed by atoms with Crippen LogP contribution in [0.2, 0.25) is 5.02 Å². The zero-order chi connectivity index (χ0) is 16.1. The van der Waals surface area contributed by atoms with Gasteiger partial charge in [-0.3, -0.25) is 4.68 Å². The quantitative estimate of drug-likeness (QED) is 0.633. The van der Waals surface area contributed by atoms with Crippen LogP contribution in [-0.2, 0) is 16.6 Å². The summed E-state index contributed by atoms with van der Waals surface area (Å²) in [4.78, 5) is 12.1. The minimum absolute atomic E-state index is 0.0686. The first kappa shape index (κ1) is 14.5. The fraction of sp³-hybridized carbons (Fsp3) is 0.333. The van der Waals surface area contributed by atoms with Crippen LogP contribution in [0.15, 0.2) is 42.7 Å². The van der Waals surface area contributed by atoms with E-state index in [2.05, 4.69) is 11.7 Å². The first-order valence-electron chi connectivity index (χ1n) is 7.73. The summed E-state index contributed by atoms with van der Waals surface area (Å²) >= 11 is 6.20. The lowest BCUT2D eigenvalue weighted by Gasteiger charge is -2.20. The zero-order valence-corrected chi connectivity index (χ0v) is 13.6. The molecule has 1 aromatic heterocycles. The van der Waals surface area contributed by atoms with Gasteiger partial charge in [-0.1, -0.05) is 24.2 Å². The molecule has 2 unspecified atom stereocenters. The van der Waals surface area contributed by atoms with Gasteiger partial charge in [-0.05, 0) is 36.5 Å². The molecule has 0 radical (unpaired) electrons. The van der Waals surface area contributed by atoms with Gasteiger partial charge >= 0.3 is 5.97 Å². The molecule has 1 aromatic carbocycles. The largest absolute Gasteiger partial charge is 0.453 e. The molecule has 0 amide bonds. The number of carbonyl (C=O) groups is 1. The molecule has 1 saturated carbocycles. The number of carbonyl (C=O) groups excluding carboxylic acids is 1. The summed E-state index contributed by atoms with van der Waals surface area (Å²) < 4.78 is 7.42. The van der Waals surface area contributed by atoms with Gasteiger partial charge in [0, 0.05) is 40.9 Å². The van der Waals surface area contributed by atoms with Crippen molar-refractivity contribution in [2.75, 3.05) is 0 Å². The van der Waals surface area contributed by atoms with Gasteiger partial charge in [0.15, 0.2) is 0 Å². The number of rotatable bonds is 3. The number of esters is 1. The predicted octanol–water partition coefficient (Wildman–Crippen LogP) is 3.92. The van der Waals surface area contributed by atoms with Gasteiger partial charge in [-0.2, -0.15) is 5.10 Å². The van der Waals surface area contributed by atoms with Crippen LogP contribution in [-0.4, -0.2) is 15.7 Å². The Labute approximate surface area is 139 Å². The number of cyclic esters (lactones) is 1. The van der Waals surface area contributed by atoms with E-state index in [4.69, 9.17) is 16.3 Å². The van der Waals surface area contributed by atoms with Crippen LogP contribution in [0.1, 0.15) is 24.5 Å². The fourth-order valence-corrected chi connectivity index (χ4v) is 3.59. The number of hydrogen-bond donors (Lipinski definition) is 0. The standard InChI is InChI=1S/C18H17ClN2O2/c1-10-16(11-3-4-11)17(23-18(10)22)14-6-5-13(19)7-15(14)12-8-20-21(2)9-12/h5-9,11,16-17H,1,3-4H2,2H3. The number of aromatic nitrogens is 2. The Morgan fingerprint density at radius 3 is 2.83 bits per heavy atom. The van der Waals surface area contributed by atoms with Crippen LogP contribution < -0.4 is 0 Å². The van der Waals surface area contributed by atoms with E-state index in [0.717, 1.165) is 29.5 Å². The first-order valence-corrected chi connectivity index (χ1v) is 8.10. The molecule has 4 rings (SSSR count). The molecule has 23 heavy (non-hydrogen) atoms. The van der Waals surface area contributed by atoms with Gasteiger partial charge in [0.25, 0.3) is 0 Å². The molecule has 1 aliphatic heterocycles. The second kappa shape index (κ2) is 5.24. The summed E-state index contributed by atoms with van der Waals surface area (Å²) in [5.41, 5.74) is 3.51. The van der Waals surface area contributed by atoms with Crippen molar-refractivity contribution in [2.24, 2.45) is 18.9 Å². The van der Waals surface area contributed by atoms with Crippen LogP contribution in [0.5, 0.6) is 0 Å². The molecule has 2 aromatic rings. The molecule has 1 aliphatic carbocycles. The lowest BCUT2D eigenvalue weighted by molar-refractivity contribution is -0.139. The minimum atomic E-state index is -0.282. The molecule has 0 N–H and O–H groups in total. The molecule has 2 heterocycles. The van der Waals surface area contributed by atoms with Crippen LogP contribution in [0.4, 0.5) is 0 Å². The summed E-state index contributed by atoms with van der Waals surface area (Å²) in [5.74, 6) is 0.287. The molecule has 2 atom stereocenters. The smallest absolute Gasteiger partial charge is 0.334 e. The Hall–Kier alpha value is -2.07. The van der Waals surface area contributed by atoms with Gasteiger partial charge in [-0.15, -0.1) is 0 Å². The molecule has 0 spiro atoms. The summed E-state index contributed by atoms with van der Waals surface area (Å²) in [6.45, 7) is 3.96. The molecule has 4 nitrogen and oxygen atoms in total. The highest BCUT2D eigenvalue weighted by molar-refractivity contribution is 6.30. The van der Waals surface area contributed by atoms with E-state index < -0.39 is 0 Å². The Balaban J connectivity index is 1.82. The number of halogens is 1. The van der Waals surface area contributed by atoms with Crippen LogP contribution in [0, 0.1) is 11.8 Å². The summed E-state index contributed by atoms with van der Waals surface area (Å²) in [6.07, 6.45) is 5.72. The van der Waals surface area contributed by atoms with Gasteiger partial charge in [-0.25, -0.2) is 4.79 Å². The third-order valence-corrected chi connectivity index (χ3v) is 4.93. The average molecular weight is 329 g/mol. The number of nitrogens with zero attached hydrogens (tertiary/aromatic N) is 2. The Bertz CT molecular complexity index is 807. The monoisotopic (exact) mass is 328 g/mol. The number of benzene rings is 1. The zero-order valence-electron chi connectivity index (χ0n) is 12.8. The van der Waals surface area contributed by atoms with Crippen molar-refractivity contribution in [3.05, 3.63) is 53.3 Å². The Morgan fingerprint density at radius 1 is 1.39 bits per heavy atom. The average Bonchev–Trinajstić information content (AvgIpc) is 3.19. The third kappa shape index (κ3) is 2.47. The van der Waals surface area contributed by atoms with E-state index in [-0.39, 0.29) is 18.0 Å². The third-order valence-electron chi connectivity index (χ3n) is 4.69. The summed E-state index contributed by atoms with van der Waals surface area (Å²) in [5, 5.41) is 4.89. The number of hydrogen-bond acceptors (Lipinski definition) is 3. The lowest BCUT2D eigenvalue weighted by atomic mass is 9.85. The maximum Gasteiger partial charge on any atom is 0.334 e. The SMILES string of the molecule is C=C1C(=O)OC(c2ccc(Cl)cc2-c2cnn(C)c2)C1C1CC1. The van der Waals surface area contributed by atoms with Crippen molar-refractivity contribution >= 4 is 17.6 Å². The molecular formula is C18H17ClN2O2. The Morgan fingerprint density at radius 2 is 2.17 bits per heavy atom. The van der Waals surface area contributed by atoms with E-state index in [1.807, 2.05) is 31.4 Å². The van der Waals surface area contributed by atoms with E-state index in [1.165, 1.54) is 0 Å². The fourth-order valence-electron chi connectivity index (χ4n) is 3.41. The highest BCUT2D eigenvalue weighted by atomic mass is 35.5. The van der Waals surface area contributed by atoms with Crippen LogP contribution >= 0.6 is 11.6 Å². The van der Waals surface area contributed by atoms with Gasteiger partial charge < -0.3 is 4.74 Å². The molecule has 5 heteroatoms. The van der Waals surface area contributed by atoms with Crippen molar-refractivity contribution in [3.8, 4) is 11.1 Å². The van der Waals surface area contributed by atoms with Crippen LogP contribution in [0.25, 0.3) is 11.1 Å². The highest BCUT2D eigenvalue weighted by Gasteiger charge is 2.48. The highest BCUT2D eigenvalue weighted by Crippen LogP contribution is 2.52. The molecule has 2 fully saturated rings. The molecule has 2 aliphatic rings. The maximum absolute atomic E-state index is 12.1. The number of ether oxygens (including phenoxy) is 1. The lowest BCUT2D eigenvalue weighted by Crippen LogP contribution is -2.11. The normalized spacial score (nSPS) is 24.1. The van der Waals surface area contributed by atoms with Gasteiger partial charge in [0.05, 0.1) is 6.20 Å². The molecule has 118 valence electrons. The first-order chi connectivity index (χ1) is 11.0. The van der Waals surface area contributed by atoms with Crippen LogP contribution in [0.3, 0.4) is 0 Å². The summed E-state index contributed by atoms with van der Waals surface area (Å²) in [7, 11) is 1.87. The minimum Gasteiger partial charge on any atom is -0.453 e. The topological polar surface area (TPSA) is 44.1 Å². The van der Waals surface area contributed by atoms with Gasteiger partial charge in [0.2, 0.25) is 0 Å². The van der Waals surface area contributed by atoms with E-state index in [1.54, 1.807) is 10.9 Å². The van der Waals surface area contributed by atoms with Crippen molar-refractivity contribution in [3.63, 3.8) is 0 Å². The molecule has 1 saturated heterocycles. The van der Waals surface area contributed by atoms with Crippen molar-refractivity contribution in [1.29, 1.82) is 0 Å². The maximum atomic E-state index is 12.1. The number of aryl methyl sites for hydroxylation is 1.